The Morgan fingerprint density at radius 1 is 0.679 bits per heavy atom. The van der Waals surface area contributed by atoms with E-state index in [9.17, 15) is 0 Å². The molecule has 56 heavy (non-hydrogen) atoms. The molecular weight excluding hydrogens is 719 g/mol. The predicted octanol–water partition coefficient (Wildman–Crippen LogP) is 11.6. The molecule has 0 radical (unpaired) electrons. The lowest BCUT2D eigenvalue weighted by atomic mass is 9.82. The van der Waals surface area contributed by atoms with Gasteiger partial charge in [-0.1, -0.05) is 101 Å². The topological polar surface area (TPSA) is 25.8 Å². The van der Waals surface area contributed by atoms with Crippen molar-refractivity contribution in [2.45, 2.75) is 51.5 Å². The van der Waals surface area contributed by atoms with E-state index in [2.05, 4.69) is 194 Å². The molecule has 12 rings (SSSR count). The van der Waals surface area contributed by atoms with Gasteiger partial charge in [-0.3, -0.25) is 0 Å². The number of furan rings is 1. The van der Waals surface area contributed by atoms with Crippen LogP contribution >= 0.6 is 11.3 Å². The van der Waals surface area contributed by atoms with Crippen LogP contribution in [0.1, 0.15) is 37.5 Å². The van der Waals surface area contributed by atoms with Crippen molar-refractivity contribution < 1.29 is 13.6 Å². The number of hydrogen-bond donors (Lipinski definition) is 0. The van der Waals surface area contributed by atoms with Gasteiger partial charge in [0.1, 0.15) is 16.8 Å². The number of benzene rings is 6. The molecule has 0 N–H and O–H groups in total. The average Bonchev–Trinajstić information content (AvgIpc) is 3.98. The summed E-state index contributed by atoms with van der Waals surface area (Å²) in [6, 6.07) is 50.1. The van der Waals surface area contributed by atoms with E-state index in [1.165, 1.54) is 64.3 Å². The fourth-order valence-corrected chi connectivity index (χ4v) is 12.0. The van der Waals surface area contributed by atoms with Crippen molar-refractivity contribution in [3.63, 3.8) is 0 Å². The van der Waals surface area contributed by atoms with E-state index in [0.29, 0.717) is 0 Å². The van der Waals surface area contributed by atoms with E-state index < -0.39 is 13.7 Å². The van der Waals surface area contributed by atoms with Gasteiger partial charge in [0.2, 0.25) is 5.69 Å². The van der Waals surface area contributed by atoms with Crippen molar-refractivity contribution in [1.29, 1.82) is 0 Å². The number of imidazole rings is 1. The fourth-order valence-electron chi connectivity index (χ4n) is 9.85. The number of fused-ring (bicyclic) bond motifs is 19. The molecule has 10 aromatic rings. The summed E-state index contributed by atoms with van der Waals surface area (Å²) in [5.41, 5.74) is 12.1. The van der Waals surface area contributed by atoms with Crippen LogP contribution in [0.2, 0.25) is 19.6 Å². The van der Waals surface area contributed by atoms with Crippen LogP contribution in [0.4, 0.5) is 0 Å². The summed E-state index contributed by atoms with van der Waals surface area (Å²) in [6.45, 7) is 14.4. The normalized spacial score (nSPS) is 16.1. The molecule has 0 aliphatic carbocycles. The first-order valence-corrected chi connectivity index (χ1v) is 24.0. The number of nitrogens with zero attached hydrogens (tertiary/aromatic N) is 3. The fraction of sp³-hybridized carbons (Fsp3) is 0.160. The number of hydrogen-bond acceptors (Lipinski definition) is 2. The quantitative estimate of drug-likeness (QED) is 0.127. The summed E-state index contributed by atoms with van der Waals surface area (Å²) in [7, 11) is -1.73. The lowest BCUT2D eigenvalue weighted by Gasteiger charge is -2.24. The molecule has 2 aliphatic rings. The lowest BCUT2D eigenvalue weighted by molar-refractivity contribution is -0.944. The van der Waals surface area contributed by atoms with E-state index in [1.54, 1.807) is 0 Å². The molecule has 6 heteroatoms. The average molecular weight is 760 g/mol. The number of para-hydroxylation sites is 3. The SMILES string of the molecule is CC(C)(C)c1ccc2c(c1)C1(c3ccc4c(oc5ccccc54)c3-c3n(-c4ccc5sc6ccccc6c5c4)c4ccccc4[n+]31)[n+]1cc([Si](C)(C)C)ccc1-2. The Balaban J connectivity index is 1.32. The van der Waals surface area contributed by atoms with E-state index in [0.717, 1.165) is 39.0 Å². The second-order valence-electron chi connectivity index (χ2n) is 17.8. The first-order valence-electron chi connectivity index (χ1n) is 19.7. The van der Waals surface area contributed by atoms with Crippen LogP contribution in [0.25, 0.3) is 81.5 Å². The molecule has 0 fully saturated rings. The number of aromatic nitrogens is 3. The molecule has 4 aromatic heterocycles. The molecule has 0 amide bonds. The van der Waals surface area contributed by atoms with Gasteiger partial charge in [-0.15, -0.1) is 20.5 Å². The van der Waals surface area contributed by atoms with Crippen LogP contribution in [0.15, 0.2) is 144 Å². The maximum atomic E-state index is 7.06. The standard InChI is InChI=1S/C50H41N3OSSi/c1-49(2,3)30-19-22-36-39(27-30)50(51-29-32(56(4,5)6)21-25-40(36)51)38-24-23-35-33-13-7-11-17-43(33)54-47(35)46(38)48-52(41-15-9-10-16-42(41)53(48)50)31-20-26-45-37(28-31)34-14-8-12-18-44(34)55-45/h7-29H,1-6H3/q+2. The highest BCUT2D eigenvalue weighted by atomic mass is 32.1. The lowest BCUT2D eigenvalue weighted by Crippen LogP contribution is -2.72. The van der Waals surface area contributed by atoms with Crippen LogP contribution < -0.4 is 14.3 Å². The smallest absolute Gasteiger partial charge is 0.364 e. The van der Waals surface area contributed by atoms with E-state index in [4.69, 9.17) is 4.42 Å². The highest BCUT2D eigenvalue weighted by Crippen LogP contribution is 2.53. The minimum absolute atomic E-state index is 0.0382. The Morgan fingerprint density at radius 3 is 2.29 bits per heavy atom. The van der Waals surface area contributed by atoms with E-state index in [1.807, 2.05) is 11.3 Å². The van der Waals surface area contributed by atoms with Crippen molar-refractivity contribution in [3.05, 3.63) is 156 Å². The van der Waals surface area contributed by atoms with Gasteiger partial charge in [0.05, 0.1) is 24.8 Å². The molecule has 1 atom stereocenters. The number of thiophene rings is 1. The van der Waals surface area contributed by atoms with Crippen LogP contribution in [0.3, 0.4) is 0 Å². The summed E-state index contributed by atoms with van der Waals surface area (Å²) in [5.74, 6) is 1.13. The molecule has 0 saturated carbocycles. The second kappa shape index (κ2) is 10.7. The Hall–Kier alpha value is -5.82. The zero-order chi connectivity index (χ0) is 37.9. The maximum Gasteiger partial charge on any atom is 0.364 e. The summed E-state index contributed by atoms with van der Waals surface area (Å²) >= 11 is 1.87. The van der Waals surface area contributed by atoms with Crippen LogP contribution in [0, 0.1) is 0 Å². The summed E-state index contributed by atoms with van der Waals surface area (Å²) in [4.78, 5) is 0. The van der Waals surface area contributed by atoms with Crippen LogP contribution in [-0.4, -0.2) is 12.6 Å². The van der Waals surface area contributed by atoms with Gasteiger partial charge in [0.15, 0.2) is 22.8 Å². The van der Waals surface area contributed by atoms with Gasteiger partial charge in [0.25, 0.3) is 0 Å². The summed E-state index contributed by atoms with van der Waals surface area (Å²) in [5, 5.41) is 6.30. The highest BCUT2D eigenvalue weighted by Gasteiger charge is 2.67. The minimum atomic E-state index is -1.73. The van der Waals surface area contributed by atoms with Gasteiger partial charge >= 0.3 is 11.5 Å². The summed E-state index contributed by atoms with van der Waals surface area (Å²) < 4.78 is 17.5. The van der Waals surface area contributed by atoms with Crippen molar-refractivity contribution >= 4 is 77.7 Å². The first kappa shape index (κ1) is 32.4. The summed E-state index contributed by atoms with van der Waals surface area (Å²) in [6.07, 6.45) is 2.50. The zero-order valence-electron chi connectivity index (χ0n) is 32.4. The van der Waals surface area contributed by atoms with Gasteiger partial charge in [0, 0.05) is 42.2 Å². The highest BCUT2D eigenvalue weighted by molar-refractivity contribution is 7.25. The third-order valence-corrected chi connectivity index (χ3v) is 15.8. The van der Waals surface area contributed by atoms with Gasteiger partial charge in [-0.2, -0.15) is 4.57 Å². The van der Waals surface area contributed by atoms with E-state index in [-0.39, 0.29) is 5.41 Å². The minimum Gasteiger partial charge on any atom is -0.455 e. The molecule has 4 nitrogen and oxygen atoms in total. The van der Waals surface area contributed by atoms with Gasteiger partial charge < -0.3 is 4.42 Å². The van der Waals surface area contributed by atoms with Crippen LogP contribution in [0.5, 0.6) is 0 Å². The van der Waals surface area contributed by atoms with E-state index >= 15 is 0 Å². The molecule has 0 saturated heterocycles. The Bertz CT molecular complexity index is 3290. The maximum absolute atomic E-state index is 7.06. The number of pyridine rings is 1. The molecule has 0 bridgehead atoms. The third-order valence-electron chi connectivity index (χ3n) is 12.6. The molecule has 270 valence electrons. The predicted molar refractivity (Wildman–Crippen MR) is 234 cm³/mol. The number of rotatable bonds is 2. The first-order chi connectivity index (χ1) is 27.0. The molecule has 2 aliphatic heterocycles. The molecule has 6 aromatic carbocycles. The third kappa shape index (κ3) is 4.03. The van der Waals surface area contributed by atoms with Crippen molar-refractivity contribution in [1.82, 2.24) is 4.57 Å². The van der Waals surface area contributed by atoms with Gasteiger partial charge in [-0.25, -0.2) is 0 Å². The molecular formula is C50H41N3OSSi+2. The Kier molecular flexibility index (Phi) is 6.21. The monoisotopic (exact) mass is 759 g/mol. The van der Waals surface area contributed by atoms with Crippen molar-refractivity contribution in [3.8, 4) is 28.3 Å². The Labute approximate surface area is 330 Å². The molecule has 1 spiro atoms. The van der Waals surface area contributed by atoms with Gasteiger partial charge in [-0.05, 0) is 77.7 Å². The Morgan fingerprint density at radius 2 is 1.45 bits per heavy atom. The molecule has 6 heterocycles. The molecule has 1 unspecified atom stereocenters. The van der Waals surface area contributed by atoms with Crippen molar-refractivity contribution in [2.24, 2.45) is 0 Å². The van der Waals surface area contributed by atoms with Crippen LogP contribution in [-0.2, 0) is 11.1 Å². The largest absolute Gasteiger partial charge is 0.455 e. The second-order valence-corrected chi connectivity index (χ2v) is 24.0. The zero-order valence-corrected chi connectivity index (χ0v) is 34.3. The van der Waals surface area contributed by atoms with Crippen molar-refractivity contribution in [2.75, 3.05) is 0 Å².